The van der Waals surface area contributed by atoms with Crippen LogP contribution in [0.4, 0.5) is 0 Å². The molecular weight excluding hydrogens is 240 g/mol. The van der Waals surface area contributed by atoms with E-state index in [1.807, 2.05) is 30.3 Å². The van der Waals surface area contributed by atoms with Crippen LogP contribution < -0.4 is 5.73 Å². The minimum absolute atomic E-state index is 0.0449. The molecule has 5 nitrogen and oxygen atoms in total. The first-order chi connectivity index (χ1) is 9.22. The largest absolute Gasteiger partial charge is 0.318 e. The highest BCUT2D eigenvalue weighted by atomic mass is 16.1. The van der Waals surface area contributed by atoms with Crippen LogP contribution in [0.1, 0.15) is 30.8 Å². The number of nitrogens with two attached hydrogens (primary N) is 1. The lowest BCUT2D eigenvalue weighted by atomic mass is 10.0. The molecule has 1 heterocycles. The van der Waals surface area contributed by atoms with Crippen LogP contribution in [0.5, 0.6) is 0 Å². The summed E-state index contributed by atoms with van der Waals surface area (Å²) in [6.45, 7) is 2.83. The highest BCUT2D eigenvalue weighted by molar-refractivity contribution is 5.86. The van der Waals surface area contributed by atoms with Crippen molar-refractivity contribution < 1.29 is 4.79 Å². The molecule has 0 spiro atoms. The first-order valence-corrected chi connectivity index (χ1v) is 6.42. The van der Waals surface area contributed by atoms with Gasteiger partial charge in [-0.3, -0.25) is 4.79 Å². The van der Waals surface area contributed by atoms with E-state index in [9.17, 15) is 4.79 Å². The number of hydrogen-bond acceptors (Lipinski definition) is 4. The maximum absolute atomic E-state index is 12.2. The van der Waals surface area contributed by atoms with Crippen LogP contribution >= 0.6 is 0 Å². The predicted octanol–water partition coefficient (Wildman–Crippen LogP) is 1.50. The average molecular weight is 258 g/mol. The smallest absolute Gasteiger partial charge is 0.161 e. The summed E-state index contributed by atoms with van der Waals surface area (Å²) in [5.41, 5.74) is 6.80. The zero-order chi connectivity index (χ0) is 13.7. The number of ketones is 1. The van der Waals surface area contributed by atoms with Gasteiger partial charge < -0.3 is 5.73 Å². The molecule has 1 aromatic heterocycles. The van der Waals surface area contributed by atoms with Crippen molar-refractivity contribution in [2.24, 2.45) is 5.73 Å². The molecule has 0 amide bonds. The molecule has 0 unspecified atom stereocenters. The van der Waals surface area contributed by atoms with Gasteiger partial charge in [0, 0.05) is 6.54 Å². The summed E-state index contributed by atoms with van der Waals surface area (Å²) in [7, 11) is 0. The number of carbonyl (C=O) groups excluding carboxylic acids is 1. The molecule has 100 valence electrons. The molecule has 0 aliphatic rings. The molecule has 0 radical (unpaired) electrons. The first-order valence-electron chi connectivity index (χ1n) is 6.42. The van der Waals surface area contributed by atoms with E-state index < -0.39 is 6.04 Å². The van der Waals surface area contributed by atoms with E-state index in [1.165, 1.54) is 6.33 Å². The van der Waals surface area contributed by atoms with Crippen molar-refractivity contribution in [3.63, 3.8) is 0 Å². The fraction of sp³-hybridized carbons (Fsp3) is 0.357. The van der Waals surface area contributed by atoms with E-state index in [1.54, 1.807) is 4.68 Å². The highest BCUT2D eigenvalue weighted by Crippen LogP contribution is 2.12. The predicted molar refractivity (Wildman–Crippen MR) is 72.4 cm³/mol. The standard InChI is InChI=1S/C14H18N4O/c1-2-8-18-13(16-10-17-18)9-12(19)14(15)11-6-4-3-5-7-11/h3-7,10,14H,2,8-9,15H2,1H3/t14-/m1/s1. The Morgan fingerprint density at radius 1 is 1.37 bits per heavy atom. The summed E-state index contributed by atoms with van der Waals surface area (Å²) in [4.78, 5) is 16.3. The van der Waals surface area contributed by atoms with Gasteiger partial charge in [0.15, 0.2) is 5.78 Å². The van der Waals surface area contributed by atoms with Crippen LogP contribution in [0, 0.1) is 0 Å². The van der Waals surface area contributed by atoms with Crippen LogP contribution in [-0.2, 0) is 17.8 Å². The second-order valence-corrected chi connectivity index (χ2v) is 4.43. The van der Waals surface area contributed by atoms with Crippen LogP contribution in [-0.4, -0.2) is 20.5 Å². The van der Waals surface area contributed by atoms with Crippen LogP contribution in [0.25, 0.3) is 0 Å². The topological polar surface area (TPSA) is 73.8 Å². The lowest BCUT2D eigenvalue weighted by Gasteiger charge is -2.11. The molecule has 0 aliphatic carbocycles. The fourth-order valence-corrected chi connectivity index (χ4v) is 1.94. The third-order valence-electron chi connectivity index (χ3n) is 2.97. The molecule has 2 rings (SSSR count). The quantitative estimate of drug-likeness (QED) is 0.852. The zero-order valence-electron chi connectivity index (χ0n) is 11.0. The van der Waals surface area contributed by atoms with Crippen molar-refractivity contribution >= 4 is 5.78 Å². The molecule has 1 atom stereocenters. The third-order valence-corrected chi connectivity index (χ3v) is 2.97. The van der Waals surface area contributed by atoms with Gasteiger partial charge in [-0.15, -0.1) is 0 Å². The molecule has 1 aromatic carbocycles. The monoisotopic (exact) mass is 258 g/mol. The molecule has 0 saturated carbocycles. The normalized spacial score (nSPS) is 12.3. The molecule has 2 N–H and O–H groups in total. The molecule has 0 saturated heterocycles. The number of Topliss-reactive ketones (excluding diaryl/α,β-unsaturated/α-hetero) is 1. The van der Waals surface area contributed by atoms with Crippen molar-refractivity contribution in [3.8, 4) is 0 Å². The Bertz CT molecular complexity index is 535. The average Bonchev–Trinajstić information content (AvgIpc) is 2.86. The zero-order valence-corrected chi connectivity index (χ0v) is 11.0. The van der Waals surface area contributed by atoms with Crippen molar-refractivity contribution in [3.05, 3.63) is 48.0 Å². The number of nitrogens with zero attached hydrogens (tertiary/aromatic N) is 3. The molecule has 5 heteroatoms. The number of rotatable bonds is 6. The second kappa shape index (κ2) is 6.24. The maximum atomic E-state index is 12.2. The minimum Gasteiger partial charge on any atom is -0.318 e. The number of aromatic nitrogens is 3. The highest BCUT2D eigenvalue weighted by Gasteiger charge is 2.18. The van der Waals surface area contributed by atoms with Gasteiger partial charge in [-0.05, 0) is 12.0 Å². The minimum atomic E-state index is -0.604. The van der Waals surface area contributed by atoms with Crippen LogP contribution in [0.15, 0.2) is 36.7 Å². The van der Waals surface area contributed by atoms with Crippen molar-refractivity contribution in [2.75, 3.05) is 0 Å². The molecule has 0 fully saturated rings. The molecule has 19 heavy (non-hydrogen) atoms. The maximum Gasteiger partial charge on any atom is 0.161 e. The Hall–Kier alpha value is -2.01. The van der Waals surface area contributed by atoms with Gasteiger partial charge in [0.05, 0.1) is 12.5 Å². The molecule has 0 bridgehead atoms. The summed E-state index contributed by atoms with van der Waals surface area (Å²) in [6.07, 6.45) is 2.65. The number of carbonyl (C=O) groups is 1. The van der Waals surface area contributed by atoms with Gasteiger partial charge in [-0.25, -0.2) is 9.67 Å². The summed E-state index contributed by atoms with van der Waals surface area (Å²) < 4.78 is 1.76. The summed E-state index contributed by atoms with van der Waals surface area (Å²) in [5, 5.41) is 4.10. The summed E-state index contributed by atoms with van der Waals surface area (Å²) in [6, 6.07) is 8.77. The Morgan fingerprint density at radius 2 is 2.11 bits per heavy atom. The lowest BCUT2D eigenvalue weighted by molar-refractivity contribution is -0.119. The van der Waals surface area contributed by atoms with E-state index in [4.69, 9.17) is 5.73 Å². The molecule has 0 aliphatic heterocycles. The van der Waals surface area contributed by atoms with Crippen molar-refractivity contribution in [1.82, 2.24) is 14.8 Å². The van der Waals surface area contributed by atoms with Gasteiger partial charge in [0.2, 0.25) is 0 Å². The number of benzene rings is 1. The van der Waals surface area contributed by atoms with Gasteiger partial charge in [-0.2, -0.15) is 5.10 Å². The van der Waals surface area contributed by atoms with E-state index in [0.717, 1.165) is 18.5 Å². The van der Waals surface area contributed by atoms with E-state index >= 15 is 0 Å². The van der Waals surface area contributed by atoms with Crippen LogP contribution in [0.3, 0.4) is 0 Å². The summed E-state index contributed by atoms with van der Waals surface area (Å²) in [5.74, 6) is 0.634. The molecule has 2 aromatic rings. The Morgan fingerprint density at radius 3 is 2.79 bits per heavy atom. The molecular formula is C14H18N4O. The van der Waals surface area contributed by atoms with E-state index in [-0.39, 0.29) is 12.2 Å². The Balaban J connectivity index is 2.06. The van der Waals surface area contributed by atoms with Crippen molar-refractivity contribution in [1.29, 1.82) is 0 Å². The van der Waals surface area contributed by atoms with Crippen LogP contribution in [0.2, 0.25) is 0 Å². The van der Waals surface area contributed by atoms with Gasteiger partial charge in [0.25, 0.3) is 0 Å². The SMILES string of the molecule is CCCn1ncnc1CC(=O)[C@H](N)c1ccccc1. The number of hydrogen-bond donors (Lipinski definition) is 1. The van der Waals surface area contributed by atoms with E-state index in [2.05, 4.69) is 17.0 Å². The van der Waals surface area contributed by atoms with E-state index in [0.29, 0.717) is 5.82 Å². The second-order valence-electron chi connectivity index (χ2n) is 4.43. The Labute approximate surface area is 112 Å². The van der Waals surface area contributed by atoms with Crippen molar-refractivity contribution in [2.45, 2.75) is 32.4 Å². The van der Waals surface area contributed by atoms with Gasteiger partial charge in [-0.1, -0.05) is 37.3 Å². The fourth-order valence-electron chi connectivity index (χ4n) is 1.94. The Kier molecular flexibility index (Phi) is 4.41. The third kappa shape index (κ3) is 3.26. The first kappa shape index (κ1) is 13.4. The summed E-state index contributed by atoms with van der Waals surface area (Å²) >= 11 is 0. The number of aryl methyl sites for hydroxylation is 1. The lowest BCUT2D eigenvalue weighted by Crippen LogP contribution is -2.24. The van der Waals surface area contributed by atoms with Gasteiger partial charge >= 0.3 is 0 Å². The van der Waals surface area contributed by atoms with Gasteiger partial charge in [0.1, 0.15) is 12.2 Å².